The van der Waals surface area contributed by atoms with Crippen LogP contribution < -0.4 is 0 Å². The molecule has 0 bridgehead atoms. The second-order valence-electron chi connectivity index (χ2n) is 4.02. The fourth-order valence-electron chi connectivity index (χ4n) is 1.60. The molecule has 0 unspecified atom stereocenters. The summed E-state index contributed by atoms with van der Waals surface area (Å²) in [6.45, 7) is 10.5. The molecule has 0 aliphatic rings. The van der Waals surface area contributed by atoms with Gasteiger partial charge >= 0.3 is 8.56 Å². The molecule has 0 radical (unpaired) electrons. The van der Waals surface area contributed by atoms with Crippen LogP contribution in [0.4, 0.5) is 0 Å². The van der Waals surface area contributed by atoms with Crippen molar-refractivity contribution in [1.29, 1.82) is 0 Å². The molecule has 0 rings (SSSR count). The Morgan fingerprint density at radius 2 is 1.33 bits per heavy atom. The predicted octanol–water partition coefficient (Wildman–Crippen LogP) is 4.10. The van der Waals surface area contributed by atoms with E-state index in [9.17, 15) is 0 Å². The summed E-state index contributed by atoms with van der Waals surface area (Å²) in [5.41, 5.74) is 0. The molecule has 0 atom stereocenters. The van der Waals surface area contributed by atoms with Crippen molar-refractivity contribution < 1.29 is 8.85 Å². The minimum atomic E-state index is -1.81. The molecule has 0 saturated heterocycles. The van der Waals surface area contributed by atoms with Gasteiger partial charge in [-0.2, -0.15) is 0 Å². The lowest BCUT2D eigenvalue weighted by Gasteiger charge is -2.28. The summed E-state index contributed by atoms with van der Waals surface area (Å²) in [5, 5.41) is 0. The van der Waals surface area contributed by atoms with E-state index in [0.717, 1.165) is 31.7 Å². The fourth-order valence-corrected chi connectivity index (χ4v) is 4.09. The van der Waals surface area contributed by atoms with Crippen molar-refractivity contribution in [2.45, 2.75) is 65.5 Å². The Labute approximate surface area is 96.6 Å². The lowest BCUT2D eigenvalue weighted by Crippen LogP contribution is -2.41. The SMILES string of the molecule is CCCCCO[Si](CC)(CC)OCCC. The predicted molar refractivity (Wildman–Crippen MR) is 68.4 cm³/mol. The molecule has 2 nitrogen and oxygen atoms in total. The molecule has 0 aliphatic heterocycles. The van der Waals surface area contributed by atoms with E-state index in [-0.39, 0.29) is 0 Å². The van der Waals surface area contributed by atoms with Crippen molar-refractivity contribution in [3.63, 3.8) is 0 Å². The topological polar surface area (TPSA) is 18.5 Å². The molecule has 3 heteroatoms. The van der Waals surface area contributed by atoms with E-state index in [1.54, 1.807) is 0 Å². The number of unbranched alkanes of at least 4 members (excludes halogenated alkanes) is 2. The zero-order valence-electron chi connectivity index (χ0n) is 11.0. The average molecular weight is 232 g/mol. The molecule has 0 aromatic heterocycles. The Kier molecular flexibility index (Phi) is 9.45. The highest BCUT2D eigenvalue weighted by Crippen LogP contribution is 2.19. The Balaban J connectivity index is 3.88. The largest absolute Gasteiger partial charge is 0.394 e. The molecule has 15 heavy (non-hydrogen) atoms. The highest BCUT2D eigenvalue weighted by atomic mass is 28.4. The molecule has 0 amide bonds. The summed E-state index contributed by atoms with van der Waals surface area (Å²) in [5.74, 6) is 0. The van der Waals surface area contributed by atoms with E-state index in [2.05, 4.69) is 27.7 Å². The van der Waals surface area contributed by atoms with Crippen LogP contribution in [0.25, 0.3) is 0 Å². The molecule has 0 aromatic carbocycles. The molecule has 0 aliphatic carbocycles. The molecule has 0 spiro atoms. The highest BCUT2D eigenvalue weighted by molar-refractivity contribution is 6.67. The lowest BCUT2D eigenvalue weighted by atomic mass is 10.3. The van der Waals surface area contributed by atoms with Crippen LogP contribution >= 0.6 is 0 Å². The maximum atomic E-state index is 6.05. The average Bonchev–Trinajstić information content (AvgIpc) is 2.29. The van der Waals surface area contributed by atoms with Gasteiger partial charge in [0.2, 0.25) is 0 Å². The second-order valence-corrected chi connectivity index (χ2v) is 7.83. The van der Waals surface area contributed by atoms with Crippen LogP contribution in [0.2, 0.25) is 12.1 Å². The van der Waals surface area contributed by atoms with Crippen molar-refractivity contribution in [2.75, 3.05) is 13.2 Å². The second kappa shape index (κ2) is 9.37. The van der Waals surface area contributed by atoms with Gasteiger partial charge in [0.15, 0.2) is 0 Å². The van der Waals surface area contributed by atoms with E-state index >= 15 is 0 Å². The van der Waals surface area contributed by atoms with Crippen molar-refractivity contribution in [1.82, 2.24) is 0 Å². The van der Waals surface area contributed by atoms with Gasteiger partial charge < -0.3 is 8.85 Å². The molecule has 0 N–H and O–H groups in total. The molecule has 0 fully saturated rings. The van der Waals surface area contributed by atoms with Gasteiger partial charge in [0, 0.05) is 13.2 Å². The van der Waals surface area contributed by atoms with E-state index in [4.69, 9.17) is 8.85 Å². The normalized spacial score (nSPS) is 12.0. The molecular formula is C12H28O2Si. The lowest BCUT2D eigenvalue weighted by molar-refractivity contribution is 0.166. The third-order valence-electron chi connectivity index (χ3n) is 2.76. The smallest absolute Gasteiger partial charge is 0.337 e. The van der Waals surface area contributed by atoms with Gasteiger partial charge in [-0.1, -0.05) is 40.5 Å². The monoisotopic (exact) mass is 232 g/mol. The quantitative estimate of drug-likeness (QED) is 0.417. The molecule has 0 heterocycles. The van der Waals surface area contributed by atoms with Crippen molar-refractivity contribution in [2.24, 2.45) is 0 Å². The standard InChI is InChI=1S/C12H28O2Si/c1-5-9-10-12-14-15(7-3,8-4)13-11-6-2/h5-12H2,1-4H3. The zero-order chi connectivity index (χ0) is 11.6. The van der Waals surface area contributed by atoms with Gasteiger partial charge in [0.05, 0.1) is 0 Å². The van der Waals surface area contributed by atoms with Crippen molar-refractivity contribution in [3.8, 4) is 0 Å². The van der Waals surface area contributed by atoms with Gasteiger partial charge in [-0.3, -0.25) is 0 Å². The van der Waals surface area contributed by atoms with Crippen LogP contribution in [0, 0.1) is 0 Å². The highest BCUT2D eigenvalue weighted by Gasteiger charge is 2.32. The fraction of sp³-hybridized carbons (Fsp3) is 1.00. The van der Waals surface area contributed by atoms with Gasteiger partial charge in [-0.15, -0.1) is 0 Å². The van der Waals surface area contributed by atoms with Crippen LogP contribution in [0.15, 0.2) is 0 Å². The van der Waals surface area contributed by atoms with Gasteiger partial charge in [0.1, 0.15) is 0 Å². The first-order valence-corrected chi connectivity index (χ1v) is 8.75. The molecule has 0 saturated carbocycles. The molecule has 92 valence electrons. The molecular weight excluding hydrogens is 204 g/mol. The summed E-state index contributed by atoms with van der Waals surface area (Å²) in [7, 11) is -1.81. The van der Waals surface area contributed by atoms with E-state index in [1.165, 1.54) is 19.3 Å². The van der Waals surface area contributed by atoms with Gasteiger partial charge in [0.25, 0.3) is 0 Å². The van der Waals surface area contributed by atoms with Gasteiger partial charge in [-0.25, -0.2) is 0 Å². The Bertz CT molecular complexity index is 136. The minimum Gasteiger partial charge on any atom is -0.394 e. The minimum absolute atomic E-state index is 0.863. The Morgan fingerprint density at radius 3 is 1.80 bits per heavy atom. The summed E-state index contributed by atoms with van der Waals surface area (Å²) in [6, 6.07) is 2.16. The summed E-state index contributed by atoms with van der Waals surface area (Å²) in [6.07, 6.45) is 4.80. The van der Waals surface area contributed by atoms with Crippen LogP contribution in [-0.2, 0) is 8.85 Å². The zero-order valence-corrected chi connectivity index (χ0v) is 12.0. The van der Waals surface area contributed by atoms with Crippen LogP contribution in [-0.4, -0.2) is 21.8 Å². The maximum absolute atomic E-state index is 6.05. The van der Waals surface area contributed by atoms with Gasteiger partial charge in [-0.05, 0) is 24.9 Å². The Morgan fingerprint density at radius 1 is 0.733 bits per heavy atom. The summed E-state index contributed by atoms with van der Waals surface area (Å²) >= 11 is 0. The van der Waals surface area contributed by atoms with Crippen molar-refractivity contribution >= 4 is 8.56 Å². The van der Waals surface area contributed by atoms with Crippen molar-refractivity contribution in [3.05, 3.63) is 0 Å². The van der Waals surface area contributed by atoms with E-state index in [1.807, 2.05) is 0 Å². The third kappa shape index (κ3) is 6.33. The molecule has 0 aromatic rings. The first-order chi connectivity index (χ1) is 7.24. The maximum Gasteiger partial charge on any atom is 0.337 e. The third-order valence-corrected chi connectivity index (χ3v) is 6.37. The van der Waals surface area contributed by atoms with E-state index < -0.39 is 8.56 Å². The van der Waals surface area contributed by atoms with E-state index in [0.29, 0.717) is 0 Å². The number of rotatable bonds is 10. The summed E-state index contributed by atoms with van der Waals surface area (Å²) in [4.78, 5) is 0. The first kappa shape index (κ1) is 15.1. The number of hydrogen-bond donors (Lipinski definition) is 0. The summed E-state index contributed by atoms with van der Waals surface area (Å²) < 4.78 is 12.0. The van der Waals surface area contributed by atoms with Crippen LogP contribution in [0.1, 0.15) is 53.4 Å². The van der Waals surface area contributed by atoms with Crippen LogP contribution in [0.3, 0.4) is 0 Å². The van der Waals surface area contributed by atoms with Crippen LogP contribution in [0.5, 0.6) is 0 Å². The number of hydrogen-bond acceptors (Lipinski definition) is 2. The Hall–Kier alpha value is 0.137. The first-order valence-electron chi connectivity index (χ1n) is 6.52.